The summed E-state index contributed by atoms with van der Waals surface area (Å²) in [6.07, 6.45) is 3.49. The number of alkyl halides is 1. The lowest BCUT2D eigenvalue weighted by Gasteiger charge is -2.35. The summed E-state index contributed by atoms with van der Waals surface area (Å²) in [7, 11) is 0. The number of carbonyl (C=O) groups is 1. The summed E-state index contributed by atoms with van der Waals surface area (Å²) >= 11 is 5.62. The van der Waals surface area contributed by atoms with Gasteiger partial charge >= 0.3 is 0 Å². The van der Waals surface area contributed by atoms with Crippen LogP contribution in [-0.4, -0.2) is 55.6 Å². The normalized spacial score (nSPS) is 18.2. The van der Waals surface area contributed by atoms with E-state index in [0.29, 0.717) is 24.3 Å². The van der Waals surface area contributed by atoms with Gasteiger partial charge in [0.2, 0.25) is 5.91 Å². The van der Waals surface area contributed by atoms with Gasteiger partial charge in [0, 0.05) is 38.0 Å². The fraction of sp³-hybridized carbons (Fsp3) is 0.933. The third kappa shape index (κ3) is 7.46. The molecule has 118 valence electrons. The highest BCUT2D eigenvalue weighted by atomic mass is 35.5. The molecular weight excluding hydrogens is 276 g/mol. The van der Waals surface area contributed by atoms with Crippen molar-refractivity contribution in [3.8, 4) is 0 Å². The van der Waals surface area contributed by atoms with Crippen molar-refractivity contribution in [1.29, 1.82) is 0 Å². The Bertz CT molecular complexity index is 269. The van der Waals surface area contributed by atoms with E-state index in [1.807, 2.05) is 0 Å². The number of rotatable bonds is 9. The Morgan fingerprint density at radius 2 is 2.00 bits per heavy atom. The van der Waals surface area contributed by atoms with Crippen LogP contribution in [0.15, 0.2) is 0 Å². The van der Waals surface area contributed by atoms with Gasteiger partial charge in [0.05, 0.1) is 13.2 Å². The molecule has 0 saturated carbocycles. The van der Waals surface area contributed by atoms with Crippen molar-refractivity contribution in [1.82, 2.24) is 10.2 Å². The topological polar surface area (TPSA) is 41.6 Å². The zero-order chi connectivity index (χ0) is 14.8. The zero-order valence-electron chi connectivity index (χ0n) is 12.9. The van der Waals surface area contributed by atoms with Crippen LogP contribution in [0.1, 0.15) is 39.5 Å². The number of halogens is 1. The molecule has 1 unspecified atom stereocenters. The number of morpholine rings is 1. The molecular formula is C15H29ClN2O2. The fourth-order valence-corrected chi connectivity index (χ4v) is 2.74. The van der Waals surface area contributed by atoms with Crippen LogP contribution in [0.2, 0.25) is 0 Å². The summed E-state index contributed by atoms with van der Waals surface area (Å²) < 4.78 is 5.40. The number of hydrogen-bond acceptors (Lipinski definition) is 3. The Labute approximate surface area is 128 Å². The van der Waals surface area contributed by atoms with Gasteiger partial charge < -0.3 is 10.1 Å². The molecule has 1 rings (SSSR count). The minimum absolute atomic E-state index is 0.150. The quantitative estimate of drug-likeness (QED) is 0.525. The lowest BCUT2D eigenvalue weighted by atomic mass is 10.0. The summed E-state index contributed by atoms with van der Waals surface area (Å²) in [5, 5.41) is 3.08. The molecule has 1 amide bonds. The first-order chi connectivity index (χ1) is 9.63. The van der Waals surface area contributed by atoms with Crippen LogP contribution < -0.4 is 5.32 Å². The number of amides is 1. The second kappa shape index (κ2) is 10.4. The first-order valence-electron chi connectivity index (χ1n) is 7.78. The largest absolute Gasteiger partial charge is 0.379 e. The highest BCUT2D eigenvalue weighted by Crippen LogP contribution is 2.13. The van der Waals surface area contributed by atoms with E-state index in [1.165, 1.54) is 0 Å². The van der Waals surface area contributed by atoms with Gasteiger partial charge in [0.15, 0.2) is 0 Å². The first kappa shape index (κ1) is 17.7. The number of nitrogens with zero attached hydrogens (tertiary/aromatic N) is 1. The van der Waals surface area contributed by atoms with Gasteiger partial charge in [-0.05, 0) is 25.2 Å². The molecule has 0 spiro atoms. The van der Waals surface area contributed by atoms with E-state index in [4.69, 9.17) is 16.3 Å². The molecule has 1 saturated heterocycles. The van der Waals surface area contributed by atoms with Crippen molar-refractivity contribution in [3.63, 3.8) is 0 Å². The Morgan fingerprint density at radius 3 is 2.60 bits per heavy atom. The molecule has 0 aromatic carbocycles. The highest BCUT2D eigenvalue weighted by Gasteiger charge is 2.22. The van der Waals surface area contributed by atoms with Crippen molar-refractivity contribution in [2.24, 2.45) is 5.92 Å². The number of nitrogens with one attached hydrogen (secondary N) is 1. The molecule has 0 aromatic heterocycles. The van der Waals surface area contributed by atoms with Crippen molar-refractivity contribution in [3.05, 3.63) is 0 Å². The average molecular weight is 305 g/mol. The second-order valence-corrected chi connectivity index (χ2v) is 6.26. The maximum atomic E-state index is 11.8. The lowest BCUT2D eigenvalue weighted by Crippen LogP contribution is -2.49. The van der Waals surface area contributed by atoms with Crippen LogP contribution in [0.25, 0.3) is 0 Å². The van der Waals surface area contributed by atoms with Gasteiger partial charge in [-0.3, -0.25) is 9.69 Å². The maximum absolute atomic E-state index is 11.8. The summed E-state index contributed by atoms with van der Waals surface area (Å²) in [6.45, 7) is 8.76. The van der Waals surface area contributed by atoms with Gasteiger partial charge in [-0.15, -0.1) is 11.6 Å². The first-order valence-corrected chi connectivity index (χ1v) is 8.31. The molecule has 1 aliphatic rings. The molecule has 0 aromatic rings. The van der Waals surface area contributed by atoms with Crippen LogP contribution in [0, 0.1) is 5.92 Å². The molecule has 0 aliphatic carbocycles. The molecule has 1 heterocycles. The van der Waals surface area contributed by atoms with Crippen molar-refractivity contribution in [2.45, 2.75) is 45.6 Å². The van der Waals surface area contributed by atoms with Crippen LogP contribution in [0.3, 0.4) is 0 Å². The fourth-order valence-electron chi connectivity index (χ4n) is 2.55. The molecule has 4 nitrogen and oxygen atoms in total. The summed E-state index contributed by atoms with van der Waals surface area (Å²) in [5.41, 5.74) is 0. The van der Waals surface area contributed by atoms with E-state index in [0.717, 1.165) is 52.1 Å². The molecule has 20 heavy (non-hydrogen) atoms. The van der Waals surface area contributed by atoms with Crippen LogP contribution in [-0.2, 0) is 9.53 Å². The van der Waals surface area contributed by atoms with E-state index in [9.17, 15) is 4.79 Å². The predicted molar refractivity (Wildman–Crippen MR) is 83.2 cm³/mol. The number of unbranched alkanes of at least 4 members (excludes halogenated alkanes) is 1. The number of ether oxygens (including phenoxy) is 1. The lowest BCUT2D eigenvalue weighted by molar-refractivity contribution is -0.121. The SMILES string of the molecule is CC(C)CC(CNC(=O)CCCCCl)N1CCOCC1. The predicted octanol–water partition coefficient (Wildman–Crippen LogP) is 2.26. The molecule has 1 aliphatic heterocycles. The second-order valence-electron chi connectivity index (χ2n) is 5.88. The maximum Gasteiger partial charge on any atom is 0.220 e. The molecule has 0 bridgehead atoms. The Morgan fingerprint density at radius 1 is 1.30 bits per heavy atom. The summed E-state index contributed by atoms with van der Waals surface area (Å²) in [4.78, 5) is 14.2. The van der Waals surface area contributed by atoms with Gasteiger partial charge in [-0.1, -0.05) is 13.8 Å². The molecule has 1 N–H and O–H groups in total. The standard InChI is InChI=1S/C15H29ClN2O2/c1-13(2)11-14(18-7-9-20-10-8-18)12-17-15(19)5-3-4-6-16/h13-14H,3-12H2,1-2H3,(H,17,19). The third-order valence-corrected chi connectivity index (χ3v) is 3.90. The molecule has 0 radical (unpaired) electrons. The van der Waals surface area contributed by atoms with Gasteiger partial charge in [0.25, 0.3) is 0 Å². The monoisotopic (exact) mass is 304 g/mol. The third-order valence-electron chi connectivity index (χ3n) is 3.63. The summed E-state index contributed by atoms with van der Waals surface area (Å²) in [5.74, 6) is 1.42. The van der Waals surface area contributed by atoms with Gasteiger partial charge in [-0.25, -0.2) is 0 Å². The Hall–Kier alpha value is -0.320. The number of carbonyl (C=O) groups excluding carboxylic acids is 1. The average Bonchev–Trinajstić information content (AvgIpc) is 2.44. The minimum atomic E-state index is 0.150. The van der Waals surface area contributed by atoms with Crippen molar-refractivity contribution in [2.75, 3.05) is 38.7 Å². The van der Waals surface area contributed by atoms with Crippen LogP contribution in [0.4, 0.5) is 0 Å². The Balaban J connectivity index is 2.33. The van der Waals surface area contributed by atoms with Crippen LogP contribution >= 0.6 is 11.6 Å². The van der Waals surface area contributed by atoms with Crippen molar-refractivity contribution >= 4 is 17.5 Å². The van der Waals surface area contributed by atoms with Crippen LogP contribution in [0.5, 0.6) is 0 Å². The van der Waals surface area contributed by atoms with Crippen molar-refractivity contribution < 1.29 is 9.53 Å². The smallest absolute Gasteiger partial charge is 0.220 e. The highest BCUT2D eigenvalue weighted by molar-refractivity contribution is 6.17. The van der Waals surface area contributed by atoms with E-state index in [-0.39, 0.29) is 5.91 Å². The number of hydrogen-bond donors (Lipinski definition) is 1. The van der Waals surface area contributed by atoms with E-state index in [2.05, 4.69) is 24.1 Å². The zero-order valence-corrected chi connectivity index (χ0v) is 13.6. The molecule has 1 atom stereocenters. The van der Waals surface area contributed by atoms with Gasteiger partial charge in [0.1, 0.15) is 0 Å². The summed E-state index contributed by atoms with van der Waals surface area (Å²) in [6, 6.07) is 0.427. The van der Waals surface area contributed by atoms with E-state index in [1.54, 1.807) is 0 Å². The molecule has 5 heteroatoms. The molecule has 1 fully saturated rings. The Kier molecular flexibility index (Phi) is 9.23. The van der Waals surface area contributed by atoms with Gasteiger partial charge in [-0.2, -0.15) is 0 Å². The minimum Gasteiger partial charge on any atom is -0.379 e. The van der Waals surface area contributed by atoms with E-state index >= 15 is 0 Å². The van der Waals surface area contributed by atoms with E-state index < -0.39 is 0 Å².